The first-order chi connectivity index (χ1) is 7.31. The lowest BCUT2D eigenvalue weighted by Gasteiger charge is -1.87. The highest BCUT2D eigenvalue weighted by atomic mass is 32.1. The minimum absolute atomic E-state index is 0.491. The molecule has 0 fully saturated rings. The smallest absolute Gasteiger partial charge is 0.160 e. The summed E-state index contributed by atoms with van der Waals surface area (Å²) in [5.74, 6) is 0. The molecule has 0 aliphatic rings. The molecule has 0 amide bonds. The highest BCUT2D eigenvalue weighted by Crippen LogP contribution is 2.21. The Balaban J connectivity index is 2.69. The first-order valence-electron chi connectivity index (χ1n) is 5.02. The van der Waals surface area contributed by atoms with Gasteiger partial charge in [-0.15, -0.1) is 11.3 Å². The van der Waals surface area contributed by atoms with Crippen molar-refractivity contribution in [1.29, 1.82) is 0 Å². The molecular formula is C12H14O2S. The first kappa shape index (κ1) is 11.9. The Morgan fingerprint density at radius 3 is 2.67 bits per heavy atom. The van der Waals surface area contributed by atoms with Gasteiger partial charge in [0, 0.05) is 10.4 Å². The number of carbonyl (C=O) groups excluding carboxylic acids is 2. The van der Waals surface area contributed by atoms with Crippen LogP contribution in [-0.4, -0.2) is 12.6 Å². The number of thiophene rings is 1. The zero-order valence-corrected chi connectivity index (χ0v) is 9.55. The maximum Gasteiger partial charge on any atom is 0.160 e. The van der Waals surface area contributed by atoms with E-state index in [1.165, 1.54) is 24.2 Å². The van der Waals surface area contributed by atoms with Gasteiger partial charge in [-0.1, -0.05) is 25.8 Å². The maximum atomic E-state index is 10.6. The Bertz CT molecular complexity index is 338. The first-order valence-corrected chi connectivity index (χ1v) is 5.84. The average Bonchev–Trinajstić information content (AvgIpc) is 2.67. The fourth-order valence-electron chi connectivity index (χ4n) is 1.23. The van der Waals surface area contributed by atoms with Crippen LogP contribution in [0, 0.1) is 0 Å². The Hall–Kier alpha value is -1.22. The molecule has 0 atom stereocenters. The monoisotopic (exact) mass is 222 g/mol. The topological polar surface area (TPSA) is 34.1 Å². The van der Waals surface area contributed by atoms with Crippen LogP contribution in [0.2, 0.25) is 0 Å². The van der Waals surface area contributed by atoms with Gasteiger partial charge in [-0.25, -0.2) is 0 Å². The zero-order chi connectivity index (χ0) is 11.1. The van der Waals surface area contributed by atoms with E-state index in [0.717, 1.165) is 23.9 Å². The molecule has 1 heterocycles. The molecule has 0 N–H and O–H groups in total. The van der Waals surface area contributed by atoms with E-state index in [0.29, 0.717) is 10.4 Å². The molecule has 0 aromatic carbocycles. The number of aldehydes is 2. The highest BCUT2D eigenvalue weighted by molar-refractivity contribution is 7.14. The highest BCUT2D eigenvalue weighted by Gasteiger charge is 2.04. The van der Waals surface area contributed by atoms with Gasteiger partial charge in [0.15, 0.2) is 12.6 Å². The fraction of sp³-hybridized carbons (Fsp3) is 0.333. The molecule has 0 aliphatic carbocycles. The summed E-state index contributed by atoms with van der Waals surface area (Å²) in [6.07, 6.45) is 8.90. The summed E-state index contributed by atoms with van der Waals surface area (Å²) >= 11 is 1.36. The lowest BCUT2D eigenvalue weighted by Crippen LogP contribution is -1.79. The van der Waals surface area contributed by atoms with Gasteiger partial charge in [-0.05, 0) is 18.6 Å². The van der Waals surface area contributed by atoms with Crippen molar-refractivity contribution in [2.75, 3.05) is 0 Å². The van der Waals surface area contributed by atoms with Crippen LogP contribution in [0.5, 0.6) is 0 Å². The van der Waals surface area contributed by atoms with Crippen LogP contribution in [0.25, 0.3) is 6.08 Å². The third kappa shape index (κ3) is 3.44. The standard InChI is InChI=1S/C12H14O2S/c1-2-3-4-5-6-11-7-10(8-13)12(9-14)15-11/h5-9H,2-4H2,1H3. The van der Waals surface area contributed by atoms with E-state index in [-0.39, 0.29) is 0 Å². The summed E-state index contributed by atoms with van der Waals surface area (Å²) in [6.45, 7) is 2.15. The van der Waals surface area contributed by atoms with Gasteiger partial charge in [0.25, 0.3) is 0 Å². The van der Waals surface area contributed by atoms with E-state index < -0.39 is 0 Å². The molecule has 1 aromatic rings. The van der Waals surface area contributed by atoms with E-state index in [2.05, 4.69) is 13.0 Å². The van der Waals surface area contributed by atoms with Crippen molar-refractivity contribution in [3.63, 3.8) is 0 Å². The number of rotatable bonds is 6. The van der Waals surface area contributed by atoms with Gasteiger partial charge >= 0.3 is 0 Å². The number of hydrogen-bond donors (Lipinski definition) is 0. The van der Waals surface area contributed by atoms with Crippen LogP contribution < -0.4 is 0 Å². The molecule has 0 radical (unpaired) electrons. The fourth-order valence-corrected chi connectivity index (χ4v) is 2.10. The zero-order valence-electron chi connectivity index (χ0n) is 8.73. The van der Waals surface area contributed by atoms with Gasteiger partial charge < -0.3 is 0 Å². The maximum absolute atomic E-state index is 10.6. The number of unbranched alkanes of at least 4 members (excludes halogenated alkanes) is 2. The second kappa shape index (κ2) is 6.30. The molecule has 0 saturated heterocycles. The molecule has 2 nitrogen and oxygen atoms in total. The van der Waals surface area contributed by atoms with Crippen molar-refractivity contribution < 1.29 is 9.59 Å². The lowest BCUT2D eigenvalue weighted by atomic mass is 10.2. The predicted octanol–water partition coefficient (Wildman–Crippen LogP) is 3.58. The lowest BCUT2D eigenvalue weighted by molar-refractivity contribution is 0.109. The summed E-state index contributed by atoms with van der Waals surface area (Å²) < 4.78 is 0. The molecule has 80 valence electrons. The van der Waals surface area contributed by atoms with E-state index >= 15 is 0 Å². The number of hydrogen-bond acceptors (Lipinski definition) is 3. The number of carbonyl (C=O) groups is 2. The molecule has 0 bridgehead atoms. The van der Waals surface area contributed by atoms with Crippen LogP contribution >= 0.6 is 11.3 Å². The average molecular weight is 222 g/mol. The summed E-state index contributed by atoms with van der Waals surface area (Å²) in [7, 11) is 0. The van der Waals surface area contributed by atoms with Crippen molar-refractivity contribution in [3.8, 4) is 0 Å². The van der Waals surface area contributed by atoms with Gasteiger partial charge in [0.1, 0.15) is 0 Å². The third-order valence-electron chi connectivity index (χ3n) is 2.05. The predicted molar refractivity (Wildman–Crippen MR) is 63.7 cm³/mol. The van der Waals surface area contributed by atoms with Crippen LogP contribution in [0.3, 0.4) is 0 Å². The van der Waals surface area contributed by atoms with Crippen LogP contribution in [-0.2, 0) is 0 Å². The Labute approximate surface area is 93.6 Å². The summed E-state index contributed by atoms with van der Waals surface area (Å²) in [6, 6.07) is 1.75. The molecular weight excluding hydrogens is 208 g/mol. The molecule has 0 aliphatic heterocycles. The minimum Gasteiger partial charge on any atom is -0.298 e. The van der Waals surface area contributed by atoms with Crippen molar-refractivity contribution >= 4 is 30.0 Å². The number of allylic oxidation sites excluding steroid dienone is 1. The molecule has 15 heavy (non-hydrogen) atoms. The van der Waals surface area contributed by atoms with Gasteiger partial charge in [0.05, 0.1) is 4.88 Å². The van der Waals surface area contributed by atoms with Gasteiger partial charge in [-0.2, -0.15) is 0 Å². The van der Waals surface area contributed by atoms with Gasteiger partial charge in [-0.3, -0.25) is 9.59 Å². The Kier molecular flexibility index (Phi) is 4.98. The third-order valence-corrected chi connectivity index (χ3v) is 3.09. The normalized spacial score (nSPS) is 10.7. The van der Waals surface area contributed by atoms with Crippen molar-refractivity contribution in [2.45, 2.75) is 26.2 Å². The van der Waals surface area contributed by atoms with Crippen molar-refractivity contribution in [3.05, 3.63) is 27.5 Å². The molecule has 0 spiro atoms. The van der Waals surface area contributed by atoms with Crippen LogP contribution in [0.1, 0.15) is 51.1 Å². The van der Waals surface area contributed by atoms with E-state index in [9.17, 15) is 9.59 Å². The molecule has 0 unspecified atom stereocenters. The SMILES string of the molecule is CCCCC=Cc1cc(C=O)c(C=O)s1. The Morgan fingerprint density at radius 1 is 1.33 bits per heavy atom. The molecule has 1 rings (SSSR count). The minimum atomic E-state index is 0.491. The van der Waals surface area contributed by atoms with Gasteiger partial charge in [0.2, 0.25) is 0 Å². The van der Waals surface area contributed by atoms with Crippen LogP contribution in [0.4, 0.5) is 0 Å². The van der Waals surface area contributed by atoms with E-state index in [1.54, 1.807) is 6.07 Å². The quantitative estimate of drug-likeness (QED) is 0.544. The summed E-state index contributed by atoms with van der Waals surface area (Å²) in [4.78, 5) is 22.7. The van der Waals surface area contributed by atoms with Crippen LogP contribution in [0.15, 0.2) is 12.1 Å². The summed E-state index contributed by atoms with van der Waals surface area (Å²) in [5.41, 5.74) is 0.491. The second-order valence-corrected chi connectivity index (χ2v) is 4.36. The Morgan fingerprint density at radius 2 is 2.13 bits per heavy atom. The van der Waals surface area contributed by atoms with E-state index in [1.807, 2.05) is 6.08 Å². The van der Waals surface area contributed by atoms with Crippen molar-refractivity contribution in [2.24, 2.45) is 0 Å². The summed E-state index contributed by atoms with van der Waals surface area (Å²) in [5, 5.41) is 0. The van der Waals surface area contributed by atoms with Crippen molar-refractivity contribution in [1.82, 2.24) is 0 Å². The molecule has 3 heteroatoms. The molecule has 1 aromatic heterocycles. The van der Waals surface area contributed by atoms with E-state index in [4.69, 9.17) is 0 Å². The second-order valence-electron chi connectivity index (χ2n) is 3.25. The molecule has 0 saturated carbocycles. The largest absolute Gasteiger partial charge is 0.298 e.